The Morgan fingerprint density at radius 3 is 2.35 bits per heavy atom. The summed E-state index contributed by atoms with van der Waals surface area (Å²) in [6.07, 6.45) is -0.365. The summed E-state index contributed by atoms with van der Waals surface area (Å²) >= 11 is 1.40. The van der Waals surface area contributed by atoms with Crippen molar-refractivity contribution in [1.82, 2.24) is 14.2 Å². The van der Waals surface area contributed by atoms with Crippen LogP contribution in [-0.2, 0) is 14.8 Å². The standard InChI is InChI=1S/C25H30N4O6S2/c1-16-13-28(14-17(2)35-16)37(31,32)19-7-5-18(6-8-19)24(30)29(10-9-27(3)4)25-26-20-11-21-22(34-15-33-21)12-23(20)36-25/h5-8,11-12,16-17H,9-10,13-15H2,1-4H3. The van der Waals surface area contributed by atoms with Gasteiger partial charge >= 0.3 is 0 Å². The zero-order valence-electron chi connectivity index (χ0n) is 21.2. The number of carbonyl (C=O) groups is 1. The van der Waals surface area contributed by atoms with Crippen LogP contribution >= 0.6 is 11.3 Å². The highest BCUT2D eigenvalue weighted by molar-refractivity contribution is 7.89. The first-order chi connectivity index (χ1) is 17.6. The summed E-state index contributed by atoms with van der Waals surface area (Å²) in [7, 11) is 0.176. The van der Waals surface area contributed by atoms with Gasteiger partial charge in [-0.05, 0) is 52.2 Å². The van der Waals surface area contributed by atoms with Crippen molar-refractivity contribution < 1.29 is 27.4 Å². The lowest BCUT2D eigenvalue weighted by molar-refractivity contribution is -0.0440. The van der Waals surface area contributed by atoms with Gasteiger partial charge in [0.05, 0.1) is 27.3 Å². The van der Waals surface area contributed by atoms with E-state index in [9.17, 15) is 13.2 Å². The molecule has 0 aliphatic carbocycles. The van der Waals surface area contributed by atoms with Gasteiger partial charge in [0.15, 0.2) is 16.6 Å². The molecule has 1 saturated heterocycles. The van der Waals surface area contributed by atoms with Gasteiger partial charge in [-0.15, -0.1) is 0 Å². The van der Waals surface area contributed by atoms with Crippen LogP contribution < -0.4 is 14.4 Å². The Kier molecular flexibility index (Phi) is 7.12. The smallest absolute Gasteiger partial charge is 0.260 e. The van der Waals surface area contributed by atoms with Gasteiger partial charge in [0, 0.05) is 43.9 Å². The van der Waals surface area contributed by atoms with Crippen LogP contribution in [0.2, 0.25) is 0 Å². The molecule has 0 N–H and O–H groups in total. The number of thiazole rings is 1. The Balaban J connectivity index is 1.41. The second kappa shape index (κ2) is 10.2. The number of anilines is 1. The summed E-state index contributed by atoms with van der Waals surface area (Å²) in [6, 6.07) is 9.81. The monoisotopic (exact) mass is 546 g/mol. The molecule has 12 heteroatoms. The van der Waals surface area contributed by atoms with Crippen molar-refractivity contribution in [2.24, 2.45) is 0 Å². The Hall–Kier alpha value is -2.77. The van der Waals surface area contributed by atoms with E-state index in [0.717, 1.165) is 10.2 Å². The number of hydrogen-bond acceptors (Lipinski definition) is 9. The van der Waals surface area contributed by atoms with Crippen LogP contribution in [0, 0.1) is 0 Å². The average Bonchev–Trinajstić information content (AvgIpc) is 3.47. The molecule has 2 aromatic carbocycles. The minimum absolute atomic E-state index is 0.152. The number of morpholine rings is 1. The highest BCUT2D eigenvalue weighted by atomic mass is 32.2. The van der Waals surface area contributed by atoms with E-state index in [4.69, 9.17) is 19.2 Å². The van der Waals surface area contributed by atoms with Crippen molar-refractivity contribution in [3.63, 3.8) is 0 Å². The second-order valence-corrected chi connectivity index (χ2v) is 12.5. The lowest BCUT2D eigenvalue weighted by atomic mass is 10.2. The van der Waals surface area contributed by atoms with Crippen molar-refractivity contribution in [3.05, 3.63) is 42.0 Å². The van der Waals surface area contributed by atoms with Gasteiger partial charge in [0.2, 0.25) is 16.8 Å². The van der Waals surface area contributed by atoms with Crippen LogP contribution in [0.5, 0.6) is 11.5 Å². The largest absolute Gasteiger partial charge is 0.454 e. The summed E-state index contributed by atoms with van der Waals surface area (Å²) in [5.74, 6) is 1.05. The van der Waals surface area contributed by atoms with E-state index in [0.29, 0.717) is 48.4 Å². The normalized spacial score (nSPS) is 20.0. The molecule has 5 rings (SSSR count). The number of benzene rings is 2. The number of likely N-dealkylation sites (N-methyl/N-ethyl adjacent to an activating group) is 1. The van der Waals surface area contributed by atoms with E-state index in [1.807, 2.05) is 45.0 Å². The molecule has 0 bridgehead atoms. The van der Waals surface area contributed by atoms with Gasteiger partial charge in [0.1, 0.15) is 0 Å². The summed E-state index contributed by atoms with van der Waals surface area (Å²) in [4.78, 5) is 22.1. The molecule has 2 atom stereocenters. The van der Waals surface area contributed by atoms with E-state index in [2.05, 4.69) is 0 Å². The van der Waals surface area contributed by atoms with Gasteiger partial charge in [-0.25, -0.2) is 13.4 Å². The molecule has 1 fully saturated rings. The topological polar surface area (TPSA) is 102 Å². The highest BCUT2D eigenvalue weighted by Crippen LogP contribution is 2.40. The number of sulfonamides is 1. The molecule has 0 saturated carbocycles. The maximum atomic E-state index is 13.6. The summed E-state index contributed by atoms with van der Waals surface area (Å²) in [5, 5.41) is 0.554. The Labute approximate surface area is 220 Å². The van der Waals surface area contributed by atoms with Crippen LogP contribution in [0.3, 0.4) is 0 Å². The first kappa shape index (κ1) is 25.9. The zero-order chi connectivity index (χ0) is 26.3. The number of amides is 1. The molecule has 37 heavy (non-hydrogen) atoms. The zero-order valence-corrected chi connectivity index (χ0v) is 22.8. The number of aromatic nitrogens is 1. The fraction of sp³-hybridized carbons (Fsp3) is 0.440. The summed E-state index contributed by atoms with van der Waals surface area (Å²) < 4.78 is 45.4. The van der Waals surface area contributed by atoms with Crippen molar-refractivity contribution in [3.8, 4) is 11.5 Å². The van der Waals surface area contributed by atoms with Gasteiger partial charge in [-0.1, -0.05) is 11.3 Å². The van der Waals surface area contributed by atoms with E-state index >= 15 is 0 Å². The lowest BCUT2D eigenvalue weighted by Gasteiger charge is -2.34. The predicted molar refractivity (Wildman–Crippen MR) is 141 cm³/mol. The molecule has 10 nitrogen and oxygen atoms in total. The van der Waals surface area contributed by atoms with Gasteiger partial charge in [-0.2, -0.15) is 4.31 Å². The van der Waals surface area contributed by atoms with Crippen LogP contribution in [0.15, 0.2) is 41.3 Å². The number of nitrogens with zero attached hydrogens (tertiary/aromatic N) is 4. The van der Waals surface area contributed by atoms with E-state index in [1.165, 1.54) is 27.8 Å². The summed E-state index contributed by atoms with van der Waals surface area (Å²) in [6.45, 7) is 5.54. The molecule has 2 aliphatic rings. The summed E-state index contributed by atoms with van der Waals surface area (Å²) in [5.41, 5.74) is 1.11. The molecule has 2 aliphatic heterocycles. The van der Waals surface area contributed by atoms with Crippen LogP contribution in [-0.4, -0.2) is 87.8 Å². The molecule has 2 unspecified atom stereocenters. The number of ether oxygens (including phenoxy) is 3. The van der Waals surface area contributed by atoms with Crippen LogP contribution in [0.1, 0.15) is 24.2 Å². The number of carbonyl (C=O) groups excluding carboxylic acids is 1. The minimum atomic E-state index is -3.70. The maximum Gasteiger partial charge on any atom is 0.260 e. The second-order valence-electron chi connectivity index (χ2n) is 9.53. The first-order valence-corrected chi connectivity index (χ1v) is 14.3. The van der Waals surface area contributed by atoms with E-state index in [1.54, 1.807) is 17.0 Å². The molecule has 3 aromatic rings. The third kappa shape index (κ3) is 5.30. The maximum absolute atomic E-state index is 13.6. The first-order valence-electron chi connectivity index (χ1n) is 12.0. The number of hydrogen-bond donors (Lipinski definition) is 0. The molecule has 0 radical (unpaired) electrons. The number of rotatable bonds is 7. The molecule has 3 heterocycles. The van der Waals surface area contributed by atoms with Crippen LogP contribution in [0.4, 0.5) is 5.13 Å². The van der Waals surface area contributed by atoms with E-state index in [-0.39, 0.29) is 29.8 Å². The number of fused-ring (bicyclic) bond motifs is 2. The third-order valence-electron chi connectivity index (χ3n) is 6.24. The van der Waals surface area contributed by atoms with Crippen molar-refractivity contribution in [2.75, 3.05) is 52.0 Å². The Morgan fingerprint density at radius 2 is 1.70 bits per heavy atom. The van der Waals surface area contributed by atoms with Gasteiger partial charge in [0.25, 0.3) is 5.91 Å². The van der Waals surface area contributed by atoms with Crippen molar-refractivity contribution in [2.45, 2.75) is 31.0 Å². The molecular formula is C25H30N4O6S2. The Morgan fingerprint density at radius 1 is 1.05 bits per heavy atom. The molecule has 0 spiro atoms. The molecular weight excluding hydrogens is 516 g/mol. The van der Waals surface area contributed by atoms with E-state index < -0.39 is 10.0 Å². The Bertz CT molecular complexity index is 1360. The average molecular weight is 547 g/mol. The van der Waals surface area contributed by atoms with Crippen LogP contribution in [0.25, 0.3) is 10.2 Å². The lowest BCUT2D eigenvalue weighted by Crippen LogP contribution is -2.48. The van der Waals surface area contributed by atoms with Gasteiger partial charge < -0.3 is 19.1 Å². The van der Waals surface area contributed by atoms with Crippen molar-refractivity contribution in [1.29, 1.82) is 0 Å². The predicted octanol–water partition coefficient (Wildman–Crippen LogP) is 3.03. The quantitative estimate of drug-likeness (QED) is 0.446. The molecule has 198 valence electrons. The fourth-order valence-electron chi connectivity index (χ4n) is 4.41. The third-order valence-corrected chi connectivity index (χ3v) is 9.13. The molecule has 1 amide bonds. The van der Waals surface area contributed by atoms with Crippen molar-refractivity contribution >= 4 is 42.6 Å². The molecule has 1 aromatic heterocycles. The SMILES string of the molecule is CC1CN(S(=O)(=O)c2ccc(C(=O)N(CCN(C)C)c3nc4cc5c(cc4s3)OCO5)cc2)CC(C)O1. The van der Waals surface area contributed by atoms with Gasteiger partial charge in [-0.3, -0.25) is 9.69 Å². The fourth-order valence-corrected chi connectivity index (χ4v) is 7.00. The minimum Gasteiger partial charge on any atom is -0.454 e. The highest BCUT2D eigenvalue weighted by Gasteiger charge is 2.32.